The first-order valence-electron chi connectivity index (χ1n) is 9.85. The molecule has 2 N–H and O–H groups in total. The number of rotatable bonds is 11. The Morgan fingerprint density at radius 1 is 1.21 bits per heavy atom. The second kappa shape index (κ2) is 12.4. The number of guanidine groups is 1. The molecule has 0 unspecified atom stereocenters. The van der Waals surface area contributed by atoms with Gasteiger partial charge in [0.25, 0.3) is 0 Å². The van der Waals surface area contributed by atoms with E-state index in [1.54, 1.807) is 18.4 Å². The number of hydrogen-bond donors (Lipinski definition) is 2. The van der Waals surface area contributed by atoms with Gasteiger partial charge in [0.1, 0.15) is 5.75 Å². The van der Waals surface area contributed by atoms with E-state index >= 15 is 0 Å². The molecule has 0 aliphatic heterocycles. The van der Waals surface area contributed by atoms with Crippen molar-refractivity contribution in [3.8, 4) is 5.75 Å². The fraction of sp³-hybridized carbons (Fsp3) is 0.524. The SMILES string of the molecule is CCc1cnc(CCNC(=NC)NCc2ccc(OCCCN(C)C)cc2)s1. The fourth-order valence-corrected chi connectivity index (χ4v) is 3.46. The highest BCUT2D eigenvalue weighted by molar-refractivity contribution is 7.11. The zero-order chi connectivity index (χ0) is 20.2. The van der Waals surface area contributed by atoms with Crippen molar-refractivity contribution in [1.29, 1.82) is 0 Å². The van der Waals surface area contributed by atoms with Crippen LogP contribution in [-0.2, 0) is 19.4 Å². The monoisotopic (exact) mass is 403 g/mol. The third-order valence-electron chi connectivity index (χ3n) is 4.21. The summed E-state index contributed by atoms with van der Waals surface area (Å²) in [6.07, 6.45) is 4.96. The molecule has 0 aliphatic rings. The number of nitrogens with one attached hydrogen (secondary N) is 2. The smallest absolute Gasteiger partial charge is 0.191 e. The van der Waals surface area contributed by atoms with Crippen molar-refractivity contribution in [2.45, 2.75) is 32.7 Å². The summed E-state index contributed by atoms with van der Waals surface area (Å²) in [5.74, 6) is 1.72. The van der Waals surface area contributed by atoms with Gasteiger partial charge in [-0.05, 0) is 44.6 Å². The molecular formula is C21H33N5OS. The number of ether oxygens (including phenoxy) is 1. The molecule has 2 aromatic rings. The van der Waals surface area contributed by atoms with E-state index in [0.717, 1.165) is 57.2 Å². The minimum atomic E-state index is 0.720. The van der Waals surface area contributed by atoms with Gasteiger partial charge in [0.2, 0.25) is 0 Å². The summed E-state index contributed by atoms with van der Waals surface area (Å²) < 4.78 is 5.78. The van der Waals surface area contributed by atoms with Gasteiger partial charge < -0.3 is 20.3 Å². The number of aryl methyl sites for hydroxylation is 1. The maximum Gasteiger partial charge on any atom is 0.191 e. The first-order valence-corrected chi connectivity index (χ1v) is 10.7. The number of thiazole rings is 1. The molecule has 7 heteroatoms. The Bertz CT molecular complexity index is 712. The van der Waals surface area contributed by atoms with Crippen LogP contribution in [0.4, 0.5) is 0 Å². The lowest BCUT2D eigenvalue weighted by molar-refractivity contribution is 0.281. The van der Waals surface area contributed by atoms with E-state index in [2.05, 4.69) is 58.7 Å². The summed E-state index contributed by atoms with van der Waals surface area (Å²) in [5.41, 5.74) is 1.19. The van der Waals surface area contributed by atoms with Gasteiger partial charge in [-0.15, -0.1) is 11.3 Å². The Labute approximate surface area is 173 Å². The second-order valence-corrected chi connectivity index (χ2v) is 8.03. The van der Waals surface area contributed by atoms with Gasteiger partial charge in [-0.25, -0.2) is 4.98 Å². The van der Waals surface area contributed by atoms with E-state index in [9.17, 15) is 0 Å². The zero-order valence-corrected chi connectivity index (χ0v) is 18.3. The lowest BCUT2D eigenvalue weighted by Crippen LogP contribution is -2.37. The summed E-state index contributed by atoms with van der Waals surface area (Å²) in [7, 11) is 5.94. The summed E-state index contributed by atoms with van der Waals surface area (Å²) in [4.78, 5) is 12.2. The lowest BCUT2D eigenvalue weighted by Gasteiger charge is -2.12. The standard InChI is InChI=1S/C21H33N5OS/c1-5-19-16-24-20(28-19)11-12-23-21(22-2)25-15-17-7-9-18(10-8-17)27-14-6-13-26(3)4/h7-10,16H,5-6,11-15H2,1-4H3,(H2,22,23,25). The molecule has 28 heavy (non-hydrogen) atoms. The minimum Gasteiger partial charge on any atom is -0.494 e. The van der Waals surface area contributed by atoms with Crippen molar-refractivity contribution >= 4 is 17.3 Å². The maximum atomic E-state index is 5.78. The molecule has 0 saturated carbocycles. The summed E-state index contributed by atoms with van der Waals surface area (Å²) in [6.45, 7) is 5.47. The van der Waals surface area contributed by atoms with Gasteiger partial charge in [0.05, 0.1) is 11.6 Å². The number of nitrogens with zero attached hydrogens (tertiary/aromatic N) is 3. The minimum absolute atomic E-state index is 0.720. The highest BCUT2D eigenvalue weighted by Crippen LogP contribution is 2.14. The molecule has 0 aliphatic carbocycles. The van der Waals surface area contributed by atoms with E-state index in [1.807, 2.05) is 18.3 Å². The highest BCUT2D eigenvalue weighted by Gasteiger charge is 2.03. The van der Waals surface area contributed by atoms with Crippen LogP contribution in [-0.4, -0.2) is 56.7 Å². The van der Waals surface area contributed by atoms with Crippen LogP contribution in [0.2, 0.25) is 0 Å². The molecule has 1 aromatic carbocycles. The molecule has 1 aromatic heterocycles. The van der Waals surface area contributed by atoms with Crippen LogP contribution in [0.1, 0.15) is 28.8 Å². The van der Waals surface area contributed by atoms with E-state index < -0.39 is 0 Å². The third-order valence-corrected chi connectivity index (χ3v) is 5.41. The summed E-state index contributed by atoms with van der Waals surface area (Å²) in [5, 5.41) is 7.86. The molecule has 6 nitrogen and oxygen atoms in total. The van der Waals surface area contributed by atoms with Gasteiger partial charge in [-0.3, -0.25) is 4.99 Å². The van der Waals surface area contributed by atoms with Gasteiger partial charge in [0.15, 0.2) is 5.96 Å². The van der Waals surface area contributed by atoms with Crippen LogP contribution in [0, 0.1) is 0 Å². The van der Waals surface area contributed by atoms with Crippen LogP contribution < -0.4 is 15.4 Å². The number of aliphatic imine (C=N–C) groups is 1. The van der Waals surface area contributed by atoms with Crippen molar-refractivity contribution in [2.75, 3.05) is 40.8 Å². The van der Waals surface area contributed by atoms with Crippen LogP contribution in [0.3, 0.4) is 0 Å². The van der Waals surface area contributed by atoms with Crippen molar-refractivity contribution in [3.63, 3.8) is 0 Å². The van der Waals surface area contributed by atoms with E-state index in [4.69, 9.17) is 4.74 Å². The van der Waals surface area contributed by atoms with Crippen molar-refractivity contribution in [3.05, 3.63) is 45.9 Å². The predicted octanol–water partition coefficient (Wildman–Crippen LogP) is 2.94. The Kier molecular flexibility index (Phi) is 9.79. The quantitative estimate of drug-likeness (QED) is 0.343. The molecule has 1 heterocycles. The Morgan fingerprint density at radius 2 is 2.00 bits per heavy atom. The van der Waals surface area contributed by atoms with Gasteiger partial charge in [-0.2, -0.15) is 0 Å². The topological polar surface area (TPSA) is 61.8 Å². The number of aromatic nitrogens is 1. The molecule has 0 saturated heterocycles. The molecule has 0 atom stereocenters. The maximum absolute atomic E-state index is 5.78. The third kappa shape index (κ3) is 8.27. The van der Waals surface area contributed by atoms with Gasteiger partial charge in [0, 0.05) is 44.2 Å². The van der Waals surface area contributed by atoms with Crippen LogP contribution in [0.25, 0.3) is 0 Å². The Balaban J connectivity index is 1.67. The molecule has 154 valence electrons. The molecule has 0 bridgehead atoms. The van der Waals surface area contributed by atoms with Gasteiger partial charge in [-0.1, -0.05) is 19.1 Å². The molecule has 0 amide bonds. The first-order chi connectivity index (χ1) is 13.6. The Hall–Kier alpha value is -2.12. The van der Waals surface area contributed by atoms with Crippen molar-refractivity contribution < 1.29 is 4.74 Å². The molecule has 0 radical (unpaired) electrons. The number of benzene rings is 1. The zero-order valence-electron chi connectivity index (χ0n) is 17.5. The number of hydrogen-bond acceptors (Lipinski definition) is 5. The first kappa shape index (κ1) is 22.2. The highest BCUT2D eigenvalue weighted by atomic mass is 32.1. The molecule has 0 fully saturated rings. The Morgan fingerprint density at radius 3 is 2.64 bits per heavy atom. The average Bonchev–Trinajstić information content (AvgIpc) is 3.16. The fourth-order valence-electron chi connectivity index (χ4n) is 2.60. The van der Waals surface area contributed by atoms with Gasteiger partial charge >= 0.3 is 0 Å². The predicted molar refractivity (Wildman–Crippen MR) is 119 cm³/mol. The lowest BCUT2D eigenvalue weighted by atomic mass is 10.2. The van der Waals surface area contributed by atoms with Crippen LogP contribution in [0.15, 0.2) is 35.5 Å². The van der Waals surface area contributed by atoms with E-state index in [0.29, 0.717) is 0 Å². The molecular weight excluding hydrogens is 370 g/mol. The normalized spacial score (nSPS) is 11.7. The van der Waals surface area contributed by atoms with Crippen molar-refractivity contribution in [1.82, 2.24) is 20.5 Å². The molecule has 2 rings (SSSR count). The summed E-state index contributed by atoms with van der Waals surface area (Å²) >= 11 is 1.79. The summed E-state index contributed by atoms with van der Waals surface area (Å²) in [6, 6.07) is 8.22. The van der Waals surface area contributed by atoms with Crippen LogP contribution >= 0.6 is 11.3 Å². The largest absolute Gasteiger partial charge is 0.494 e. The van der Waals surface area contributed by atoms with E-state index in [1.165, 1.54) is 15.4 Å². The molecule has 0 spiro atoms. The average molecular weight is 404 g/mol. The second-order valence-electron chi connectivity index (χ2n) is 6.83. The van der Waals surface area contributed by atoms with Crippen molar-refractivity contribution in [2.24, 2.45) is 4.99 Å². The van der Waals surface area contributed by atoms with E-state index in [-0.39, 0.29) is 0 Å². The van der Waals surface area contributed by atoms with Crippen LogP contribution in [0.5, 0.6) is 5.75 Å².